The number of nitriles is 1. The zero-order valence-electron chi connectivity index (χ0n) is 10.6. The van der Waals surface area contributed by atoms with Crippen molar-refractivity contribution in [1.82, 2.24) is 14.8 Å². The second-order valence-electron chi connectivity index (χ2n) is 4.94. The average Bonchev–Trinajstić information content (AvgIpc) is 2.67. The second kappa shape index (κ2) is 5.35. The summed E-state index contributed by atoms with van der Waals surface area (Å²) in [5.41, 5.74) is 1.92. The summed E-state index contributed by atoms with van der Waals surface area (Å²) in [4.78, 5) is 2.37. The van der Waals surface area contributed by atoms with Gasteiger partial charge in [0.1, 0.15) is 11.8 Å². The maximum absolute atomic E-state index is 8.89. The molecule has 0 amide bonds. The Balaban J connectivity index is 1.87. The number of aryl methyl sites for hydroxylation is 1. The molecular formula is C13H20N4. The van der Waals surface area contributed by atoms with E-state index in [1.165, 1.54) is 24.9 Å². The lowest BCUT2D eigenvalue weighted by atomic mass is 10.1. The van der Waals surface area contributed by atoms with Crippen LogP contribution in [0.15, 0.2) is 12.3 Å². The minimum atomic E-state index is 0.583. The molecule has 17 heavy (non-hydrogen) atoms. The molecule has 0 radical (unpaired) electrons. The lowest BCUT2D eigenvalue weighted by molar-refractivity contribution is 0.226. The summed E-state index contributed by atoms with van der Waals surface area (Å²) in [6.07, 6.45) is 4.55. The first kappa shape index (κ1) is 12.2. The first-order valence-corrected chi connectivity index (χ1v) is 6.16. The fourth-order valence-electron chi connectivity index (χ4n) is 2.44. The van der Waals surface area contributed by atoms with Crippen LogP contribution in [0, 0.1) is 11.3 Å². The van der Waals surface area contributed by atoms with Crippen molar-refractivity contribution < 1.29 is 0 Å². The molecule has 4 nitrogen and oxygen atoms in total. The molecule has 1 N–H and O–H groups in total. The number of aromatic nitrogens is 1. The van der Waals surface area contributed by atoms with E-state index >= 15 is 0 Å². The number of likely N-dealkylation sites (tertiary alicyclic amines) is 1. The van der Waals surface area contributed by atoms with E-state index < -0.39 is 0 Å². The van der Waals surface area contributed by atoms with Crippen molar-refractivity contribution in [2.45, 2.75) is 25.4 Å². The zero-order valence-corrected chi connectivity index (χ0v) is 10.6. The SMILES string of the molecule is CN1CCCC(NCc2cc(C#N)n(C)c2)C1. The van der Waals surface area contributed by atoms with Crippen LogP contribution in [0.2, 0.25) is 0 Å². The number of nitrogens with zero attached hydrogens (tertiary/aromatic N) is 3. The van der Waals surface area contributed by atoms with E-state index in [2.05, 4.69) is 23.3 Å². The summed E-state index contributed by atoms with van der Waals surface area (Å²) in [5, 5.41) is 12.5. The molecule has 0 spiro atoms. The normalized spacial score (nSPS) is 21.4. The fourth-order valence-corrected chi connectivity index (χ4v) is 2.44. The molecule has 1 aromatic heterocycles. The molecule has 4 heteroatoms. The van der Waals surface area contributed by atoms with Crippen molar-refractivity contribution in [3.05, 3.63) is 23.5 Å². The van der Waals surface area contributed by atoms with Crippen LogP contribution in [0.3, 0.4) is 0 Å². The molecule has 1 unspecified atom stereocenters. The molecular weight excluding hydrogens is 212 g/mol. The monoisotopic (exact) mass is 232 g/mol. The number of hydrogen-bond acceptors (Lipinski definition) is 3. The van der Waals surface area contributed by atoms with Gasteiger partial charge in [-0.3, -0.25) is 0 Å². The minimum absolute atomic E-state index is 0.583. The van der Waals surface area contributed by atoms with Crippen molar-refractivity contribution in [1.29, 1.82) is 5.26 Å². The van der Waals surface area contributed by atoms with Crippen molar-refractivity contribution >= 4 is 0 Å². The second-order valence-corrected chi connectivity index (χ2v) is 4.94. The Kier molecular flexibility index (Phi) is 3.82. The molecule has 0 bridgehead atoms. The number of likely N-dealkylation sites (N-methyl/N-ethyl adjacent to an activating group) is 1. The highest BCUT2D eigenvalue weighted by molar-refractivity contribution is 5.28. The summed E-state index contributed by atoms with van der Waals surface area (Å²) in [6, 6.07) is 4.73. The quantitative estimate of drug-likeness (QED) is 0.848. The third-order valence-electron chi connectivity index (χ3n) is 3.40. The topological polar surface area (TPSA) is 44.0 Å². The smallest absolute Gasteiger partial charge is 0.120 e. The summed E-state index contributed by atoms with van der Waals surface area (Å²) >= 11 is 0. The molecule has 1 aromatic rings. The van der Waals surface area contributed by atoms with Gasteiger partial charge >= 0.3 is 0 Å². The highest BCUT2D eigenvalue weighted by Crippen LogP contribution is 2.10. The van der Waals surface area contributed by atoms with Crippen LogP contribution in [0.1, 0.15) is 24.1 Å². The van der Waals surface area contributed by atoms with Gasteiger partial charge in [-0.05, 0) is 38.1 Å². The molecule has 1 aliphatic heterocycles. The van der Waals surface area contributed by atoms with Gasteiger partial charge in [-0.2, -0.15) is 5.26 Å². The van der Waals surface area contributed by atoms with Gasteiger partial charge in [0.2, 0.25) is 0 Å². The highest BCUT2D eigenvalue weighted by atomic mass is 15.1. The highest BCUT2D eigenvalue weighted by Gasteiger charge is 2.16. The van der Waals surface area contributed by atoms with Crippen molar-refractivity contribution in [2.75, 3.05) is 20.1 Å². The maximum Gasteiger partial charge on any atom is 0.120 e. The van der Waals surface area contributed by atoms with E-state index in [1.807, 2.05) is 23.9 Å². The first-order chi connectivity index (χ1) is 8.19. The largest absolute Gasteiger partial charge is 0.342 e. The van der Waals surface area contributed by atoms with Crippen molar-refractivity contribution in [3.63, 3.8) is 0 Å². The van der Waals surface area contributed by atoms with Crippen LogP contribution in [0.4, 0.5) is 0 Å². The van der Waals surface area contributed by atoms with Crippen LogP contribution in [-0.4, -0.2) is 35.6 Å². The van der Waals surface area contributed by atoms with Gasteiger partial charge in [-0.1, -0.05) is 0 Å². The Hall–Kier alpha value is -1.31. The number of nitrogens with one attached hydrogen (secondary N) is 1. The van der Waals surface area contributed by atoms with E-state index in [-0.39, 0.29) is 0 Å². The number of hydrogen-bond donors (Lipinski definition) is 1. The van der Waals surface area contributed by atoms with Gasteiger partial charge in [-0.25, -0.2) is 0 Å². The number of rotatable bonds is 3. The molecule has 0 aliphatic carbocycles. The van der Waals surface area contributed by atoms with Gasteiger partial charge in [0, 0.05) is 32.4 Å². The summed E-state index contributed by atoms with van der Waals surface area (Å²) < 4.78 is 1.88. The van der Waals surface area contributed by atoms with Crippen molar-refractivity contribution in [2.24, 2.45) is 7.05 Å². The molecule has 1 saturated heterocycles. The lowest BCUT2D eigenvalue weighted by Crippen LogP contribution is -2.43. The summed E-state index contributed by atoms with van der Waals surface area (Å²) in [5.74, 6) is 0. The predicted molar refractivity (Wildman–Crippen MR) is 67.5 cm³/mol. The third-order valence-corrected chi connectivity index (χ3v) is 3.40. The molecule has 1 atom stereocenters. The lowest BCUT2D eigenvalue weighted by Gasteiger charge is -2.30. The summed E-state index contributed by atoms with van der Waals surface area (Å²) in [7, 11) is 4.08. The van der Waals surface area contributed by atoms with E-state index in [1.54, 1.807) is 0 Å². The van der Waals surface area contributed by atoms with Gasteiger partial charge < -0.3 is 14.8 Å². The van der Waals surface area contributed by atoms with E-state index in [0.717, 1.165) is 18.8 Å². The molecule has 2 rings (SSSR count). The number of piperidine rings is 1. The average molecular weight is 232 g/mol. The predicted octanol–water partition coefficient (Wildman–Crippen LogP) is 1.08. The van der Waals surface area contributed by atoms with Gasteiger partial charge in [0.15, 0.2) is 0 Å². The molecule has 1 aliphatic rings. The minimum Gasteiger partial charge on any atom is -0.342 e. The standard InChI is InChI=1S/C13H20N4/c1-16-5-3-4-12(10-16)15-8-11-6-13(7-14)17(2)9-11/h6,9,12,15H,3-5,8,10H2,1-2H3. The van der Waals surface area contributed by atoms with Crippen LogP contribution >= 0.6 is 0 Å². The molecule has 1 fully saturated rings. The molecule has 0 saturated carbocycles. The first-order valence-electron chi connectivity index (χ1n) is 6.16. The van der Waals surface area contributed by atoms with Crippen LogP contribution in [0.5, 0.6) is 0 Å². The maximum atomic E-state index is 8.89. The van der Waals surface area contributed by atoms with Crippen LogP contribution in [-0.2, 0) is 13.6 Å². The van der Waals surface area contributed by atoms with Gasteiger partial charge in [0.05, 0.1) is 0 Å². The van der Waals surface area contributed by atoms with Crippen LogP contribution < -0.4 is 5.32 Å². The van der Waals surface area contributed by atoms with E-state index in [0.29, 0.717) is 6.04 Å². The van der Waals surface area contributed by atoms with E-state index in [9.17, 15) is 0 Å². The third kappa shape index (κ3) is 3.09. The Morgan fingerprint density at radius 2 is 2.35 bits per heavy atom. The van der Waals surface area contributed by atoms with Crippen molar-refractivity contribution in [3.8, 4) is 6.07 Å². The van der Waals surface area contributed by atoms with Gasteiger partial charge in [0.25, 0.3) is 0 Å². The molecule has 2 heterocycles. The molecule has 0 aromatic carbocycles. The summed E-state index contributed by atoms with van der Waals surface area (Å²) in [6.45, 7) is 3.19. The Bertz CT molecular complexity index is 416. The zero-order chi connectivity index (χ0) is 12.3. The Labute approximate surface area is 103 Å². The van der Waals surface area contributed by atoms with Gasteiger partial charge in [-0.15, -0.1) is 0 Å². The van der Waals surface area contributed by atoms with E-state index in [4.69, 9.17) is 5.26 Å². The van der Waals surface area contributed by atoms with Crippen LogP contribution in [0.25, 0.3) is 0 Å². The molecule has 92 valence electrons. The Morgan fingerprint density at radius 1 is 1.53 bits per heavy atom. The fraction of sp³-hybridized carbons (Fsp3) is 0.615. The Morgan fingerprint density at radius 3 is 3.00 bits per heavy atom.